The van der Waals surface area contributed by atoms with Crippen LogP contribution in [0.2, 0.25) is 0 Å². The van der Waals surface area contributed by atoms with E-state index in [1.54, 1.807) is 12.1 Å². The summed E-state index contributed by atoms with van der Waals surface area (Å²) >= 11 is 3.29. The second kappa shape index (κ2) is 5.58. The summed E-state index contributed by atoms with van der Waals surface area (Å²) in [5.74, 6) is -0.778. The zero-order chi connectivity index (χ0) is 13.1. The fourth-order valence-corrected chi connectivity index (χ4v) is 2.46. The van der Waals surface area contributed by atoms with Gasteiger partial charge in [-0.15, -0.1) is 0 Å². The van der Waals surface area contributed by atoms with Gasteiger partial charge in [-0.3, -0.25) is 0 Å². The van der Waals surface area contributed by atoms with Crippen molar-refractivity contribution in [1.82, 2.24) is 5.32 Å². The molecule has 1 aromatic rings. The van der Waals surface area contributed by atoms with Crippen LogP contribution in [0.25, 0.3) is 0 Å². The fraction of sp³-hybridized carbons (Fsp3) is 0.417. The first-order valence-corrected chi connectivity index (χ1v) is 6.56. The Morgan fingerprint density at radius 1 is 1.61 bits per heavy atom. The molecule has 0 aliphatic carbocycles. The Morgan fingerprint density at radius 3 is 3.00 bits per heavy atom. The van der Waals surface area contributed by atoms with Crippen LogP contribution in [0.15, 0.2) is 16.6 Å². The van der Waals surface area contributed by atoms with Crippen LogP contribution in [0, 0.1) is 0 Å². The molecule has 0 amide bonds. The van der Waals surface area contributed by atoms with Gasteiger partial charge in [0.1, 0.15) is 17.9 Å². The molecule has 0 spiro atoms. The van der Waals surface area contributed by atoms with Crippen LogP contribution in [-0.4, -0.2) is 30.3 Å². The van der Waals surface area contributed by atoms with Crippen LogP contribution in [0.3, 0.4) is 0 Å². The van der Waals surface area contributed by atoms with Crippen molar-refractivity contribution < 1.29 is 14.6 Å². The van der Waals surface area contributed by atoms with Gasteiger partial charge < -0.3 is 20.9 Å². The molecule has 6 heteroatoms. The maximum Gasteiger partial charge on any atom is 0.341 e. The number of carboxylic acid groups (broad SMARTS) is 1. The minimum absolute atomic E-state index is 0.0161. The third-order valence-electron chi connectivity index (χ3n) is 2.95. The number of hydrogen-bond donors (Lipinski definition) is 3. The van der Waals surface area contributed by atoms with Crippen molar-refractivity contribution >= 4 is 27.6 Å². The lowest BCUT2D eigenvalue weighted by Gasteiger charge is -2.16. The van der Waals surface area contributed by atoms with E-state index in [0.717, 1.165) is 19.4 Å². The highest BCUT2D eigenvalue weighted by molar-refractivity contribution is 9.10. The Hall–Kier alpha value is -1.27. The number of nitrogens with one attached hydrogen (secondary N) is 1. The number of benzene rings is 1. The summed E-state index contributed by atoms with van der Waals surface area (Å²) in [6.45, 7) is 1.43. The van der Waals surface area contributed by atoms with E-state index in [9.17, 15) is 4.79 Å². The average molecular weight is 315 g/mol. The second-order valence-electron chi connectivity index (χ2n) is 4.25. The summed E-state index contributed by atoms with van der Waals surface area (Å²) in [5.41, 5.74) is 5.90. The molecule has 0 radical (unpaired) electrons. The van der Waals surface area contributed by atoms with E-state index in [1.165, 1.54) is 0 Å². The summed E-state index contributed by atoms with van der Waals surface area (Å²) < 4.78 is 6.23. The number of ether oxygens (including phenoxy) is 1. The maximum absolute atomic E-state index is 11.2. The maximum atomic E-state index is 11.2. The van der Waals surface area contributed by atoms with Gasteiger partial charge in [-0.25, -0.2) is 4.79 Å². The van der Waals surface area contributed by atoms with Gasteiger partial charge in [0.2, 0.25) is 0 Å². The van der Waals surface area contributed by atoms with Crippen LogP contribution in [0.5, 0.6) is 5.75 Å². The minimum Gasteiger partial charge on any atom is -0.490 e. The Kier molecular flexibility index (Phi) is 4.08. The zero-order valence-electron chi connectivity index (χ0n) is 9.78. The molecule has 1 atom stereocenters. The Morgan fingerprint density at radius 2 is 2.39 bits per heavy atom. The van der Waals surface area contributed by atoms with Crippen LogP contribution in [0.1, 0.15) is 23.2 Å². The highest BCUT2D eigenvalue weighted by Crippen LogP contribution is 2.33. The van der Waals surface area contributed by atoms with Gasteiger partial charge in [-0.1, -0.05) is 0 Å². The van der Waals surface area contributed by atoms with Gasteiger partial charge in [0, 0.05) is 11.7 Å². The van der Waals surface area contributed by atoms with Gasteiger partial charge >= 0.3 is 5.97 Å². The molecule has 1 saturated heterocycles. The Bertz CT molecular complexity index is 459. The van der Waals surface area contributed by atoms with Crippen LogP contribution >= 0.6 is 15.9 Å². The molecule has 4 N–H and O–H groups in total. The molecule has 98 valence electrons. The Balaban J connectivity index is 2.19. The van der Waals surface area contributed by atoms with E-state index in [0.29, 0.717) is 16.8 Å². The van der Waals surface area contributed by atoms with Crippen LogP contribution in [-0.2, 0) is 0 Å². The van der Waals surface area contributed by atoms with Gasteiger partial charge in [0.05, 0.1) is 4.47 Å². The molecular weight excluding hydrogens is 300 g/mol. The molecular formula is C12H15BrN2O3. The number of nitrogens with two attached hydrogens (primary N) is 1. The number of hydrogen-bond acceptors (Lipinski definition) is 4. The quantitative estimate of drug-likeness (QED) is 0.739. The first kappa shape index (κ1) is 13.2. The normalized spacial score (nSPS) is 18.8. The number of halogens is 1. The number of carbonyl (C=O) groups is 1. The predicted octanol–water partition coefficient (Wildman–Crippen LogP) is 1.86. The molecule has 0 aromatic heterocycles. The lowest BCUT2D eigenvalue weighted by Crippen LogP contribution is -2.28. The summed E-state index contributed by atoms with van der Waals surface area (Å²) in [7, 11) is 0. The largest absolute Gasteiger partial charge is 0.490 e. The summed E-state index contributed by atoms with van der Waals surface area (Å²) in [6, 6.07) is 3.52. The monoisotopic (exact) mass is 314 g/mol. The molecule has 2 rings (SSSR count). The predicted molar refractivity (Wildman–Crippen MR) is 72.0 cm³/mol. The van der Waals surface area contributed by atoms with Crippen molar-refractivity contribution in [3.63, 3.8) is 0 Å². The second-order valence-corrected chi connectivity index (χ2v) is 5.10. The summed E-state index contributed by atoms with van der Waals surface area (Å²) in [6.07, 6.45) is 2.17. The van der Waals surface area contributed by atoms with Crippen molar-refractivity contribution in [2.75, 3.05) is 18.9 Å². The molecule has 18 heavy (non-hydrogen) atoms. The van der Waals surface area contributed by atoms with Crippen molar-refractivity contribution in [3.8, 4) is 5.75 Å². The van der Waals surface area contributed by atoms with Gasteiger partial charge in [-0.2, -0.15) is 0 Å². The van der Waals surface area contributed by atoms with E-state index in [4.69, 9.17) is 15.6 Å². The van der Waals surface area contributed by atoms with Crippen molar-refractivity contribution in [3.05, 3.63) is 22.2 Å². The Labute approximate surface area is 113 Å². The molecule has 0 saturated carbocycles. The molecule has 1 aliphatic rings. The van der Waals surface area contributed by atoms with E-state index in [1.807, 2.05) is 0 Å². The standard InChI is InChI=1S/C12H15BrN2O3/c13-8-3-4-9(14)10(12(16)17)11(8)18-6-7-2-1-5-15-7/h3-4,7,15H,1-2,5-6,14H2,(H,16,17)/t7-/m0/s1. The third-order valence-corrected chi connectivity index (χ3v) is 3.57. The average Bonchev–Trinajstić information content (AvgIpc) is 2.82. The highest BCUT2D eigenvalue weighted by atomic mass is 79.9. The number of anilines is 1. The summed E-state index contributed by atoms with van der Waals surface area (Å²) in [4.78, 5) is 11.2. The molecule has 1 fully saturated rings. The molecule has 1 heterocycles. The first-order chi connectivity index (χ1) is 8.59. The van der Waals surface area contributed by atoms with Gasteiger partial charge in [0.25, 0.3) is 0 Å². The number of rotatable bonds is 4. The summed E-state index contributed by atoms with van der Waals surface area (Å²) in [5, 5.41) is 12.5. The van der Waals surface area contributed by atoms with E-state index in [-0.39, 0.29) is 17.3 Å². The van der Waals surface area contributed by atoms with Crippen molar-refractivity contribution in [2.24, 2.45) is 0 Å². The molecule has 5 nitrogen and oxygen atoms in total. The van der Waals surface area contributed by atoms with E-state index >= 15 is 0 Å². The minimum atomic E-state index is -1.08. The van der Waals surface area contributed by atoms with Gasteiger partial charge in [0.15, 0.2) is 0 Å². The van der Waals surface area contributed by atoms with Crippen molar-refractivity contribution in [1.29, 1.82) is 0 Å². The zero-order valence-corrected chi connectivity index (χ0v) is 11.4. The number of aromatic carboxylic acids is 1. The highest BCUT2D eigenvalue weighted by Gasteiger charge is 2.21. The van der Waals surface area contributed by atoms with Gasteiger partial charge in [-0.05, 0) is 47.4 Å². The van der Waals surface area contributed by atoms with Crippen LogP contribution < -0.4 is 15.8 Å². The number of nitrogen functional groups attached to an aromatic ring is 1. The molecule has 1 aliphatic heterocycles. The first-order valence-electron chi connectivity index (χ1n) is 5.77. The van der Waals surface area contributed by atoms with Crippen LogP contribution in [0.4, 0.5) is 5.69 Å². The third kappa shape index (κ3) is 2.76. The topological polar surface area (TPSA) is 84.6 Å². The molecule has 0 unspecified atom stereocenters. The smallest absolute Gasteiger partial charge is 0.341 e. The lowest BCUT2D eigenvalue weighted by molar-refractivity contribution is 0.0693. The van der Waals surface area contributed by atoms with E-state index in [2.05, 4.69) is 21.2 Å². The number of carboxylic acids is 1. The fourth-order valence-electron chi connectivity index (χ4n) is 2.02. The lowest BCUT2D eigenvalue weighted by atomic mass is 10.1. The van der Waals surface area contributed by atoms with E-state index < -0.39 is 5.97 Å². The molecule has 0 bridgehead atoms. The molecule has 1 aromatic carbocycles. The van der Waals surface area contributed by atoms with Crippen molar-refractivity contribution in [2.45, 2.75) is 18.9 Å². The SMILES string of the molecule is Nc1ccc(Br)c(OC[C@@H]2CCCN2)c1C(=O)O.